The van der Waals surface area contributed by atoms with Gasteiger partial charge in [0.15, 0.2) is 5.78 Å². The minimum absolute atomic E-state index is 0.0959. The summed E-state index contributed by atoms with van der Waals surface area (Å²) >= 11 is 0. The predicted molar refractivity (Wildman–Crippen MR) is 116 cm³/mol. The molecule has 1 aromatic carbocycles. The van der Waals surface area contributed by atoms with Crippen LogP contribution in [0.25, 0.3) is 0 Å². The lowest BCUT2D eigenvalue weighted by atomic mass is 9.43. The third-order valence-electron chi connectivity index (χ3n) is 8.76. The lowest BCUT2D eigenvalue weighted by molar-refractivity contribution is -0.159. The second kappa shape index (κ2) is 7.10. The minimum atomic E-state index is -4.04. The molecular formula is C24H31FN2O4S. The monoisotopic (exact) mass is 462 g/mol. The number of primary amides is 1. The highest BCUT2D eigenvalue weighted by molar-refractivity contribution is 7.89. The van der Waals surface area contributed by atoms with Gasteiger partial charge in [-0.25, -0.2) is 12.8 Å². The first-order chi connectivity index (χ1) is 15.0. The first-order valence-corrected chi connectivity index (χ1v) is 13.1. The van der Waals surface area contributed by atoms with E-state index < -0.39 is 26.8 Å². The van der Waals surface area contributed by atoms with E-state index in [1.165, 1.54) is 12.1 Å². The minimum Gasteiger partial charge on any atom is -0.369 e. The van der Waals surface area contributed by atoms with Crippen LogP contribution in [0.3, 0.4) is 0 Å². The summed E-state index contributed by atoms with van der Waals surface area (Å²) in [7, 11) is -4.04. The highest BCUT2D eigenvalue weighted by Crippen LogP contribution is 2.66. The van der Waals surface area contributed by atoms with Crippen molar-refractivity contribution in [3.63, 3.8) is 0 Å². The van der Waals surface area contributed by atoms with Crippen LogP contribution in [0.15, 0.2) is 23.1 Å². The number of sulfonamides is 1. The number of aryl methyl sites for hydroxylation is 1. The first kappa shape index (κ1) is 22.0. The van der Waals surface area contributed by atoms with Gasteiger partial charge in [-0.3, -0.25) is 9.59 Å². The summed E-state index contributed by atoms with van der Waals surface area (Å²) in [6.07, 6.45) is 7.15. The van der Waals surface area contributed by atoms with Gasteiger partial charge in [0.05, 0.1) is 15.8 Å². The van der Waals surface area contributed by atoms with Crippen LogP contribution in [0.4, 0.5) is 4.39 Å². The Bertz CT molecular complexity index is 1080. The summed E-state index contributed by atoms with van der Waals surface area (Å²) in [5.41, 5.74) is 4.29. The highest BCUT2D eigenvalue weighted by Gasteiger charge is 2.61. The fourth-order valence-corrected chi connectivity index (χ4v) is 8.94. The van der Waals surface area contributed by atoms with Gasteiger partial charge in [0.25, 0.3) is 0 Å². The Morgan fingerprint density at radius 3 is 2.34 bits per heavy atom. The van der Waals surface area contributed by atoms with Crippen molar-refractivity contribution in [2.45, 2.75) is 81.6 Å². The average molecular weight is 463 g/mol. The van der Waals surface area contributed by atoms with E-state index in [-0.39, 0.29) is 28.4 Å². The molecule has 5 aliphatic carbocycles. The lowest BCUT2D eigenvalue weighted by Crippen LogP contribution is -2.62. The molecule has 0 aromatic heterocycles. The Balaban J connectivity index is 1.38. The topological polar surface area (TPSA) is 106 Å². The molecule has 4 bridgehead atoms. The Morgan fingerprint density at radius 1 is 1.16 bits per heavy atom. The van der Waals surface area contributed by atoms with Crippen molar-refractivity contribution in [2.75, 3.05) is 0 Å². The van der Waals surface area contributed by atoms with E-state index in [1.807, 2.05) is 0 Å². The van der Waals surface area contributed by atoms with Crippen LogP contribution in [0, 0.1) is 35.4 Å². The van der Waals surface area contributed by atoms with Crippen molar-refractivity contribution >= 4 is 21.7 Å². The number of hydrogen-bond donors (Lipinski definition) is 2. The van der Waals surface area contributed by atoms with Crippen LogP contribution in [-0.2, 0) is 19.6 Å². The molecule has 2 atom stereocenters. The van der Waals surface area contributed by atoms with Gasteiger partial charge in [-0.2, -0.15) is 4.72 Å². The van der Waals surface area contributed by atoms with Crippen molar-refractivity contribution in [3.8, 4) is 0 Å². The second-order valence-corrected chi connectivity index (χ2v) is 12.8. The number of halogens is 1. The smallest absolute Gasteiger partial charge is 0.241 e. The molecule has 174 valence electrons. The summed E-state index contributed by atoms with van der Waals surface area (Å²) in [6, 6.07) is 3.80. The summed E-state index contributed by atoms with van der Waals surface area (Å²) in [4.78, 5) is 25.8. The molecule has 3 N–H and O–H groups in total. The fraction of sp³-hybridized carbons (Fsp3) is 0.667. The van der Waals surface area contributed by atoms with Gasteiger partial charge in [0, 0.05) is 6.42 Å². The Kier molecular flexibility index (Phi) is 4.88. The third kappa shape index (κ3) is 3.41. The number of rotatable bonds is 7. The summed E-state index contributed by atoms with van der Waals surface area (Å²) in [5.74, 6) is -0.0974. The van der Waals surface area contributed by atoms with Crippen molar-refractivity contribution in [1.82, 2.24) is 4.72 Å². The fourth-order valence-electron chi connectivity index (χ4n) is 7.48. The van der Waals surface area contributed by atoms with Gasteiger partial charge in [-0.05, 0) is 99.7 Å². The van der Waals surface area contributed by atoms with Gasteiger partial charge in [0.2, 0.25) is 15.9 Å². The zero-order chi connectivity index (χ0) is 22.9. The summed E-state index contributed by atoms with van der Waals surface area (Å²) < 4.78 is 42.7. The summed E-state index contributed by atoms with van der Waals surface area (Å²) in [5, 5.41) is 0. The number of amides is 1. The van der Waals surface area contributed by atoms with E-state index in [1.54, 1.807) is 6.92 Å². The maximum atomic E-state index is 14.0. The maximum Gasteiger partial charge on any atom is 0.241 e. The molecule has 1 aromatic rings. The molecule has 2 unspecified atom stereocenters. The van der Waals surface area contributed by atoms with Crippen LogP contribution in [0.1, 0.15) is 69.8 Å². The van der Waals surface area contributed by atoms with Crippen LogP contribution in [0.5, 0.6) is 0 Å². The molecule has 0 spiro atoms. The van der Waals surface area contributed by atoms with Crippen LogP contribution in [-0.4, -0.2) is 25.6 Å². The second-order valence-electron chi connectivity index (χ2n) is 11.2. The molecule has 0 heterocycles. The lowest BCUT2D eigenvalue weighted by Gasteiger charge is -2.61. The Labute approximate surface area is 188 Å². The van der Waals surface area contributed by atoms with Gasteiger partial charge < -0.3 is 5.73 Å². The van der Waals surface area contributed by atoms with Crippen LogP contribution < -0.4 is 10.5 Å². The normalized spacial score (nSPS) is 34.8. The van der Waals surface area contributed by atoms with E-state index in [0.717, 1.165) is 44.6 Å². The number of carbonyl (C=O) groups excluding carboxylic acids is 2. The van der Waals surface area contributed by atoms with Crippen molar-refractivity contribution < 1.29 is 22.4 Å². The molecule has 8 heteroatoms. The Morgan fingerprint density at radius 2 is 1.81 bits per heavy atom. The molecule has 0 radical (unpaired) electrons. The molecule has 0 saturated heterocycles. The quantitative estimate of drug-likeness (QED) is 0.648. The van der Waals surface area contributed by atoms with E-state index in [9.17, 15) is 22.4 Å². The van der Waals surface area contributed by atoms with E-state index in [2.05, 4.69) is 4.72 Å². The number of nitrogens with two attached hydrogens (primary N) is 1. The van der Waals surface area contributed by atoms with Crippen molar-refractivity contribution in [3.05, 3.63) is 29.6 Å². The number of benzene rings is 1. The molecule has 5 aliphatic rings. The van der Waals surface area contributed by atoms with Gasteiger partial charge in [-0.15, -0.1) is 0 Å². The molecule has 0 aliphatic heterocycles. The average Bonchev–Trinajstić information content (AvgIpc) is 2.65. The molecule has 1 amide bonds. The highest BCUT2D eigenvalue weighted by atomic mass is 32.2. The SMILES string of the molecule is Cc1ccc(S(=O)(=O)NC2(C(=O)CC34CC5CC(C3)CC(C(N)=O)(C5)C4)CCC2)cc1F. The van der Waals surface area contributed by atoms with Gasteiger partial charge in [-0.1, -0.05) is 6.07 Å². The van der Waals surface area contributed by atoms with Crippen LogP contribution in [0.2, 0.25) is 0 Å². The molecule has 32 heavy (non-hydrogen) atoms. The van der Waals surface area contributed by atoms with E-state index in [0.29, 0.717) is 36.7 Å². The zero-order valence-corrected chi connectivity index (χ0v) is 19.3. The van der Waals surface area contributed by atoms with Crippen molar-refractivity contribution in [1.29, 1.82) is 0 Å². The van der Waals surface area contributed by atoms with E-state index >= 15 is 0 Å². The number of nitrogens with one attached hydrogen (secondary N) is 1. The molecule has 5 fully saturated rings. The standard InChI is InChI=1S/C24H31FN2O4S/c1-15-3-4-18(8-19(15)25)32(30,31)27-24(5-2-6-24)20(28)13-22-9-16-7-17(10-22)12-23(11-16,14-22)21(26)29/h3-4,8,16-17,27H,2,5-7,9-14H2,1H3,(H2,26,29). The first-order valence-electron chi connectivity index (χ1n) is 11.6. The molecule has 6 nitrogen and oxygen atoms in total. The zero-order valence-electron chi connectivity index (χ0n) is 18.5. The van der Waals surface area contributed by atoms with Crippen LogP contribution >= 0.6 is 0 Å². The number of hydrogen-bond acceptors (Lipinski definition) is 4. The Hall–Kier alpha value is -1.80. The number of carbonyl (C=O) groups is 2. The predicted octanol–water partition coefficient (Wildman–Crippen LogP) is 3.37. The molecular weight excluding hydrogens is 431 g/mol. The largest absolute Gasteiger partial charge is 0.369 e. The number of Topliss-reactive ketones (excluding diaryl/α,β-unsaturated/α-hetero) is 1. The van der Waals surface area contributed by atoms with E-state index in [4.69, 9.17) is 5.73 Å². The number of ketones is 1. The maximum absolute atomic E-state index is 14.0. The van der Waals surface area contributed by atoms with Gasteiger partial charge in [0.1, 0.15) is 5.82 Å². The molecule has 5 saturated carbocycles. The molecule has 6 rings (SSSR count). The summed E-state index contributed by atoms with van der Waals surface area (Å²) in [6.45, 7) is 1.57. The van der Waals surface area contributed by atoms with Gasteiger partial charge >= 0.3 is 0 Å². The van der Waals surface area contributed by atoms with Crippen molar-refractivity contribution in [2.24, 2.45) is 28.4 Å². The third-order valence-corrected chi connectivity index (χ3v) is 10.3.